The molecule has 1 aliphatic rings. The Morgan fingerprint density at radius 1 is 1.20 bits per heavy atom. The Kier molecular flexibility index (Phi) is 6.01. The number of nitrogens with zero attached hydrogens (tertiary/aromatic N) is 1. The smallest absolute Gasteiger partial charge is 0.319 e. The zero-order chi connectivity index (χ0) is 17.5. The number of rotatable bonds is 6. The van der Waals surface area contributed by atoms with E-state index in [2.05, 4.69) is 15.6 Å². The van der Waals surface area contributed by atoms with E-state index in [9.17, 15) is 4.79 Å². The lowest BCUT2D eigenvalue weighted by molar-refractivity contribution is 0.0457. The van der Waals surface area contributed by atoms with E-state index in [1.165, 1.54) is 25.7 Å². The van der Waals surface area contributed by atoms with Gasteiger partial charge >= 0.3 is 6.03 Å². The monoisotopic (exact) mass is 339 g/mol. The fourth-order valence-corrected chi connectivity index (χ4v) is 3.02. The minimum absolute atomic E-state index is 0.153. The molecule has 2 amide bonds. The van der Waals surface area contributed by atoms with Crippen molar-refractivity contribution in [2.75, 3.05) is 5.32 Å². The number of benzene rings is 1. The quantitative estimate of drug-likeness (QED) is 0.818. The van der Waals surface area contributed by atoms with Gasteiger partial charge in [0.25, 0.3) is 0 Å². The van der Waals surface area contributed by atoms with E-state index in [0.717, 1.165) is 16.9 Å². The summed E-state index contributed by atoms with van der Waals surface area (Å²) < 4.78 is 5.90. The van der Waals surface area contributed by atoms with Crippen LogP contribution in [-0.2, 0) is 11.3 Å². The van der Waals surface area contributed by atoms with E-state index >= 15 is 0 Å². The molecule has 1 fully saturated rings. The first-order chi connectivity index (χ1) is 12.2. The highest BCUT2D eigenvalue weighted by molar-refractivity contribution is 5.89. The number of anilines is 1. The van der Waals surface area contributed by atoms with Crippen molar-refractivity contribution in [3.8, 4) is 0 Å². The van der Waals surface area contributed by atoms with Crippen LogP contribution >= 0.6 is 0 Å². The van der Waals surface area contributed by atoms with Gasteiger partial charge in [-0.3, -0.25) is 4.98 Å². The number of hydrogen-bond donors (Lipinski definition) is 2. The zero-order valence-electron chi connectivity index (χ0n) is 14.6. The first-order valence-electron chi connectivity index (χ1n) is 8.90. The summed E-state index contributed by atoms with van der Waals surface area (Å²) in [5.74, 6) is 0. The summed E-state index contributed by atoms with van der Waals surface area (Å²) in [6, 6.07) is 13.0. The van der Waals surface area contributed by atoms with E-state index in [-0.39, 0.29) is 12.1 Å². The fraction of sp³-hybridized carbons (Fsp3) is 0.400. The predicted octanol–water partition coefficient (Wildman–Crippen LogP) is 4.42. The highest BCUT2D eigenvalue weighted by Crippen LogP contribution is 2.22. The van der Waals surface area contributed by atoms with Gasteiger partial charge in [0, 0.05) is 11.9 Å². The van der Waals surface area contributed by atoms with E-state index in [1.54, 1.807) is 6.20 Å². The number of urea groups is 1. The van der Waals surface area contributed by atoms with E-state index < -0.39 is 0 Å². The van der Waals surface area contributed by atoms with Crippen LogP contribution in [0.25, 0.3) is 0 Å². The number of nitrogens with one attached hydrogen (secondary N) is 2. The van der Waals surface area contributed by atoms with Crippen LogP contribution in [0.5, 0.6) is 0 Å². The summed E-state index contributed by atoms with van der Waals surface area (Å²) >= 11 is 0. The minimum atomic E-state index is -0.242. The van der Waals surface area contributed by atoms with Gasteiger partial charge in [-0.2, -0.15) is 0 Å². The molecule has 2 aromatic rings. The molecule has 0 spiro atoms. The molecule has 3 rings (SSSR count). The summed E-state index contributed by atoms with van der Waals surface area (Å²) in [5, 5.41) is 5.73. The third kappa shape index (κ3) is 5.29. The Labute approximate surface area is 148 Å². The molecular weight excluding hydrogens is 314 g/mol. The number of carbonyl (C=O) groups is 1. The van der Waals surface area contributed by atoms with Crippen molar-refractivity contribution < 1.29 is 9.53 Å². The molecule has 1 unspecified atom stereocenters. The Morgan fingerprint density at radius 2 is 1.96 bits per heavy atom. The van der Waals surface area contributed by atoms with Gasteiger partial charge in [-0.1, -0.05) is 31.0 Å². The van der Waals surface area contributed by atoms with Crippen molar-refractivity contribution in [2.24, 2.45) is 0 Å². The van der Waals surface area contributed by atoms with Crippen molar-refractivity contribution in [3.63, 3.8) is 0 Å². The maximum atomic E-state index is 12.1. The molecule has 1 saturated carbocycles. The molecule has 1 aromatic heterocycles. The zero-order valence-corrected chi connectivity index (χ0v) is 14.6. The van der Waals surface area contributed by atoms with Gasteiger partial charge in [-0.25, -0.2) is 4.79 Å². The van der Waals surface area contributed by atoms with Crippen LogP contribution in [0.4, 0.5) is 10.5 Å². The van der Waals surface area contributed by atoms with Crippen LogP contribution in [-0.4, -0.2) is 17.1 Å². The molecular formula is C20H25N3O2. The molecule has 5 heteroatoms. The van der Waals surface area contributed by atoms with Crippen molar-refractivity contribution in [1.82, 2.24) is 10.3 Å². The molecule has 1 aliphatic carbocycles. The summed E-state index contributed by atoms with van der Waals surface area (Å²) in [7, 11) is 0. The molecule has 5 nitrogen and oxygen atoms in total. The van der Waals surface area contributed by atoms with Gasteiger partial charge in [0.1, 0.15) is 0 Å². The summed E-state index contributed by atoms with van der Waals surface area (Å²) in [5.41, 5.74) is 2.71. The summed E-state index contributed by atoms with van der Waals surface area (Å²) in [4.78, 5) is 16.4. The fourth-order valence-electron chi connectivity index (χ4n) is 3.02. The van der Waals surface area contributed by atoms with E-state index in [0.29, 0.717) is 12.7 Å². The highest BCUT2D eigenvalue weighted by atomic mass is 16.5. The largest absolute Gasteiger partial charge is 0.374 e. The topological polar surface area (TPSA) is 63.2 Å². The highest BCUT2D eigenvalue weighted by Gasteiger charge is 2.15. The normalized spacial score (nSPS) is 15.7. The van der Waals surface area contributed by atoms with Crippen molar-refractivity contribution in [3.05, 3.63) is 59.9 Å². The standard InChI is InChI=1S/C20H25N3O2/c1-15(19-8-4-5-13-21-19)22-20(24)23-17-11-9-16(10-12-17)14-25-18-6-2-3-7-18/h4-5,8-13,15,18H,2-3,6-7,14H2,1H3,(H2,22,23,24). The second kappa shape index (κ2) is 8.62. The van der Waals surface area contributed by atoms with Gasteiger partial charge in [-0.05, 0) is 49.6 Å². The average Bonchev–Trinajstić information content (AvgIpc) is 3.15. The second-order valence-electron chi connectivity index (χ2n) is 6.49. The van der Waals surface area contributed by atoms with E-state index in [4.69, 9.17) is 4.74 Å². The third-order valence-corrected chi connectivity index (χ3v) is 4.48. The van der Waals surface area contributed by atoms with Crippen LogP contribution in [0, 0.1) is 0 Å². The SMILES string of the molecule is CC(NC(=O)Nc1ccc(COC2CCCC2)cc1)c1ccccn1. The number of amides is 2. The number of carbonyl (C=O) groups excluding carboxylic acids is 1. The maximum Gasteiger partial charge on any atom is 0.319 e. The summed E-state index contributed by atoms with van der Waals surface area (Å²) in [6.07, 6.45) is 7.04. The molecule has 0 aliphatic heterocycles. The number of aromatic nitrogens is 1. The van der Waals surface area contributed by atoms with Gasteiger partial charge in [0.2, 0.25) is 0 Å². The molecule has 2 N–H and O–H groups in total. The van der Waals surface area contributed by atoms with Gasteiger partial charge < -0.3 is 15.4 Å². The van der Waals surface area contributed by atoms with Gasteiger partial charge in [0.15, 0.2) is 0 Å². The number of ether oxygens (including phenoxy) is 1. The van der Waals surface area contributed by atoms with Crippen LogP contribution in [0.2, 0.25) is 0 Å². The van der Waals surface area contributed by atoms with Crippen molar-refractivity contribution in [2.45, 2.75) is 51.4 Å². The molecule has 0 bridgehead atoms. The maximum absolute atomic E-state index is 12.1. The molecule has 25 heavy (non-hydrogen) atoms. The number of hydrogen-bond acceptors (Lipinski definition) is 3. The minimum Gasteiger partial charge on any atom is -0.374 e. The molecule has 0 saturated heterocycles. The molecule has 1 atom stereocenters. The van der Waals surface area contributed by atoms with Crippen molar-refractivity contribution >= 4 is 11.7 Å². The molecule has 1 aromatic carbocycles. The number of pyridine rings is 1. The first-order valence-corrected chi connectivity index (χ1v) is 8.90. The van der Waals surface area contributed by atoms with Gasteiger partial charge in [0.05, 0.1) is 24.4 Å². The second-order valence-corrected chi connectivity index (χ2v) is 6.49. The first kappa shape index (κ1) is 17.4. The Bertz CT molecular complexity index is 667. The third-order valence-electron chi connectivity index (χ3n) is 4.48. The Balaban J connectivity index is 1.46. The lowest BCUT2D eigenvalue weighted by atomic mass is 10.2. The predicted molar refractivity (Wildman–Crippen MR) is 98.3 cm³/mol. The molecule has 0 radical (unpaired) electrons. The van der Waals surface area contributed by atoms with Crippen molar-refractivity contribution in [1.29, 1.82) is 0 Å². The van der Waals surface area contributed by atoms with Gasteiger partial charge in [-0.15, -0.1) is 0 Å². The molecule has 132 valence electrons. The van der Waals surface area contributed by atoms with E-state index in [1.807, 2.05) is 49.4 Å². The average molecular weight is 339 g/mol. The van der Waals surface area contributed by atoms with Crippen LogP contribution in [0.1, 0.15) is 49.9 Å². The van der Waals surface area contributed by atoms with Crippen LogP contribution in [0.15, 0.2) is 48.7 Å². The lowest BCUT2D eigenvalue weighted by Gasteiger charge is -2.14. The summed E-state index contributed by atoms with van der Waals surface area (Å²) in [6.45, 7) is 2.54. The Hall–Kier alpha value is -2.40. The Morgan fingerprint density at radius 3 is 2.64 bits per heavy atom. The molecule has 1 heterocycles. The lowest BCUT2D eigenvalue weighted by Crippen LogP contribution is -2.31. The van der Waals surface area contributed by atoms with Crippen LogP contribution < -0.4 is 10.6 Å². The van der Waals surface area contributed by atoms with Crippen LogP contribution in [0.3, 0.4) is 0 Å².